The fourth-order valence-corrected chi connectivity index (χ4v) is 3.94. The van der Waals surface area contributed by atoms with E-state index in [1.807, 2.05) is 45.0 Å². The molecule has 0 saturated heterocycles. The summed E-state index contributed by atoms with van der Waals surface area (Å²) in [7, 11) is 0. The van der Waals surface area contributed by atoms with Crippen molar-refractivity contribution in [3.05, 3.63) is 69.9 Å². The number of hydrogen-bond donors (Lipinski definition) is 1. The lowest BCUT2D eigenvalue weighted by Gasteiger charge is -2.24. The van der Waals surface area contributed by atoms with Gasteiger partial charge in [0.15, 0.2) is 0 Å². The number of carbonyl (C=O) groups is 1. The minimum atomic E-state index is 0.526. The second-order valence-electron chi connectivity index (χ2n) is 7.27. The number of nitriles is 1. The summed E-state index contributed by atoms with van der Waals surface area (Å²) in [4.78, 5) is 22.8. The molecule has 0 spiro atoms. The van der Waals surface area contributed by atoms with E-state index in [2.05, 4.69) is 21.3 Å². The van der Waals surface area contributed by atoms with Crippen molar-refractivity contribution in [2.75, 3.05) is 16.8 Å². The maximum atomic E-state index is 11.2. The zero-order chi connectivity index (χ0) is 20.5. The van der Waals surface area contributed by atoms with Gasteiger partial charge in [-0.2, -0.15) is 10.2 Å². The van der Waals surface area contributed by atoms with Gasteiger partial charge in [-0.1, -0.05) is 0 Å². The third-order valence-electron chi connectivity index (χ3n) is 5.22. The summed E-state index contributed by atoms with van der Waals surface area (Å²) in [5.41, 5.74) is 7.42. The SMILES string of the molecule is Cc1cc(C=O)cc(C)c1N1CCc2c(C)nc(Nc3ccc(C#N)cc3)nc21. The van der Waals surface area contributed by atoms with Gasteiger partial charge in [0.2, 0.25) is 5.95 Å². The van der Waals surface area contributed by atoms with Crippen LogP contribution in [0.1, 0.15) is 38.3 Å². The summed E-state index contributed by atoms with van der Waals surface area (Å²) in [6, 6.07) is 13.1. The van der Waals surface area contributed by atoms with Crippen LogP contribution in [0.3, 0.4) is 0 Å². The van der Waals surface area contributed by atoms with Crippen LogP contribution in [0.15, 0.2) is 36.4 Å². The monoisotopic (exact) mass is 383 g/mol. The van der Waals surface area contributed by atoms with E-state index in [0.29, 0.717) is 17.1 Å². The van der Waals surface area contributed by atoms with E-state index in [1.165, 1.54) is 0 Å². The van der Waals surface area contributed by atoms with Crippen molar-refractivity contribution in [1.82, 2.24) is 9.97 Å². The van der Waals surface area contributed by atoms with Gasteiger partial charge < -0.3 is 10.2 Å². The van der Waals surface area contributed by atoms with Gasteiger partial charge in [-0.3, -0.25) is 4.79 Å². The first kappa shape index (κ1) is 18.6. The Kier molecular flexibility index (Phi) is 4.73. The minimum absolute atomic E-state index is 0.526. The lowest BCUT2D eigenvalue weighted by molar-refractivity contribution is 0.112. The predicted octanol–water partition coefficient (Wildman–Crippen LogP) is 4.52. The Morgan fingerprint density at radius 1 is 1.10 bits per heavy atom. The Bertz CT molecular complexity index is 1120. The molecule has 0 aliphatic carbocycles. The number of aromatic nitrogens is 2. The normalized spacial score (nSPS) is 12.4. The highest BCUT2D eigenvalue weighted by atomic mass is 16.1. The highest BCUT2D eigenvalue weighted by molar-refractivity contribution is 5.81. The zero-order valence-corrected chi connectivity index (χ0v) is 16.7. The Labute approximate surface area is 169 Å². The van der Waals surface area contributed by atoms with Crippen molar-refractivity contribution in [2.45, 2.75) is 27.2 Å². The quantitative estimate of drug-likeness (QED) is 0.667. The van der Waals surface area contributed by atoms with Crippen molar-refractivity contribution in [1.29, 1.82) is 5.26 Å². The number of fused-ring (bicyclic) bond motifs is 1. The van der Waals surface area contributed by atoms with Crippen LogP contribution in [0.2, 0.25) is 0 Å². The average Bonchev–Trinajstić information content (AvgIpc) is 3.12. The molecule has 1 aliphatic heterocycles. The largest absolute Gasteiger partial charge is 0.325 e. The fourth-order valence-electron chi connectivity index (χ4n) is 3.94. The molecule has 0 radical (unpaired) electrons. The maximum Gasteiger partial charge on any atom is 0.229 e. The molecule has 144 valence electrons. The summed E-state index contributed by atoms with van der Waals surface area (Å²) in [6.45, 7) is 6.88. The Morgan fingerprint density at radius 3 is 2.41 bits per heavy atom. The van der Waals surface area contributed by atoms with Crippen molar-refractivity contribution in [3.63, 3.8) is 0 Å². The van der Waals surface area contributed by atoms with E-state index in [1.54, 1.807) is 12.1 Å². The van der Waals surface area contributed by atoms with Gasteiger partial charge >= 0.3 is 0 Å². The number of aryl methyl sites for hydroxylation is 3. The van der Waals surface area contributed by atoms with E-state index >= 15 is 0 Å². The summed E-state index contributed by atoms with van der Waals surface area (Å²) in [5.74, 6) is 1.43. The van der Waals surface area contributed by atoms with Gasteiger partial charge in [-0.15, -0.1) is 0 Å². The summed E-state index contributed by atoms with van der Waals surface area (Å²) in [5, 5.41) is 12.2. The standard InChI is InChI=1S/C23H21N5O/c1-14-10-18(13-29)11-15(2)21(14)28-9-8-20-16(3)25-23(27-22(20)28)26-19-6-4-17(12-24)5-7-19/h4-7,10-11,13H,8-9H2,1-3H3,(H,25,26,27). The number of benzene rings is 2. The smallest absolute Gasteiger partial charge is 0.229 e. The molecule has 4 rings (SSSR count). The molecular weight excluding hydrogens is 362 g/mol. The van der Waals surface area contributed by atoms with Crippen LogP contribution in [0.25, 0.3) is 0 Å². The van der Waals surface area contributed by atoms with Crippen LogP contribution in [0, 0.1) is 32.1 Å². The summed E-state index contributed by atoms with van der Waals surface area (Å²) < 4.78 is 0. The lowest BCUT2D eigenvalue weighted by Crippen LogP contribution is -2.17. The van der Waals surface area contributed by atoms with Gasteiger partial charge in [0.1, 0.15) is 12.1 Å². The second kappa shape index (κ2) is 7.36. The van der Waals surface area contributed by atoms with Crippen LogP contribution < -0.4 is 10.2 Å². The average molecular weight is 383 g/mol. The molecule has 6 nitrogen and oxygen atoms in total. The Morgan fingerprint density at radius 2 is 1.79 bits per heavy atom. The van der Waals surface area contributed by atoms with Crippen LogP contribution in [0.4, 0.5) is 23.1 Å². The Hall–Kier alpha value is -3.72. The van der Waals surface area contributed by atoms with Crippen molar-refractivity contribution in [2.24, 2.45) is 0 Å². The van der Waals surface area contributed by atoms with Gasteiger partial charge in [-0.05, 0) is 74.7 Å². The van der Waals surface area contributed by atoms with Crippen molar-refractivity contribution >= 4 is 29.4 Å². The second-order valence-corrected chi connectivity index (χ2v) is 7.27. The molecule has 0 saturated carbocycles. The summed E-state index contributed by atoms with van der Waals surface area (Å²) in [6.07, 6.45) is 1.76. The van der Waals surface area contributed by atoms with Gasteiger partial charge in [0, 0.05) is 34.7 Å². The number of anilines is 4. The van der Waals surface area contributed by atoms with E-state index < -0.39 is 0 Å². The summed E-state index contributed by atoms with van der Waals surface area (Å²) >= 11 is 0. The van der Waals surface area contributed by atoms with E-state index in [4.69, 9.17) is 10.2 Å². The van der Waals surface area contributed by atoms with Crippen molar-refractivity contribution in [3.8, 4) is 6.07 Å². The molecule has 1 aromatic heterocycles. The van der Waals surface area contributed by atoms with E-state index in [-0.39, 0.29) is 0 Å². The van der Waals surface area contributed by atoms with Crippen molar-refractivity contribution < 1.29 is 4.79 Å². The van der Waals surface area contributed by atoms with Gasteiger partial charge in [0.05, 0.1) is 11.6 Å². The third kappa shape index (κ3) is 3.43. The number of nitrogens with one attached hydrogen (secondary N) is 1. The molecule has 0 fully saturated rings. The molecule has 1 aliphatic rings. The molecule has 29 heavy (non-hydrogen) atoms. The molecule has 6 heteroatoms. The number of rotatable bonds is 4. The predicted molar refractivity (Wildman–Crippen MR) is 113 cm³/mol. The molecule has 1 N–H and O–H groups in total. The lowest BCUT2D eigenvalue weighted by atomic mass is 10.0. The number of nitrogens with zero attached hydrogens (tertiary/aromatic N) is 4. The first-order valence-electron chi connectivity index (χ1n) is 9.49. The molecule has 0 amide bonds. The fraction of sp³-hybridized carbons (Fsp3) is 0.217. The molecule has 0 bridgehead atoms. The highest BCUT2D eigenvalue weighted by Gasteiger charge is 2.27. The van der Waals surface area contributed by atoms with E-state index in [0.717, 1.165) is 58.8 Å². The molecular formula is C23H21N5O. The Balaban J connectivity index is 1.72. The number of hydrogen-bond acceptors (Lipinski definition) is 6. The van der Waals surface area contributed by atoms with Gasteiger partial charge in [0.25, 0.3) is 0 Å². The third-order valence-corrected chi connectivity index (χ3v) is 5.22. The molecule has 3 aromatic rings. The zero-order valence-electron chi connectivity index (χ0n) is 16.7. The highest BCUT2D eigenvalue weighted by Crippen LogP contribution is 2.38. The number of carbonyl (C=O) groups excluding carboxylic acids is 1. The molecule has 2 heterocycles. The number of aldehydes is 1. The topological polar surface area (TPSA) is 81.9 Å². The van der Waals surface area contributed by atoms with Crippen LogP contribution in [0.5, 0.6) is 0 Å². The first-order valence-corrected chi connectivity index (χ1v) is 9.49. The molecule has 2 aromatic carbocycles. The molecule has 0 unspecified atom stereocenters. The van der Waals surface area contributed by atoms with Crippen LogP contribution in [-0.4, -0.2) is 22.8 Å². The van der Waals surface area contributed by atoms with E-state index in [9.17, 15) is 4.79 Å². The maximum absolute atomic E-state index is 11.2. The van der Waals surface area contributed by atoms with Gasteiger partial charge in [-0.25, -0.2) is 4.98 Å². The van der Waals surface area contributed by atoms with Crippen LogP contribution >= 0.6 is 0 Å². The first-order chi connectivity index (χ1) is 14.0. The van der Waals surface area contributed by atoms with Crippen LogP contribution in [-0.2, 0) is 6.42 Å². The minimum Gasteiger partial charge on any atom is -0.325 e. The molecule has 0 atom stereocenters.